The van der Waals surface area contributed by atoms with Gasteiger partial charge in [-0.25, -0.2) is 8.42 Å². The number of carbonyl (C=O) groups is 1. The van der Waals surface area contributed by atoms with E-state index in [4.69, 9.17) is 22.3 Å². The van der Waals surface area contributed by atoms with Crippen LogP contribution in [0, 0.1) is 5.92 Å². The Hall–Kier alpha value is -0.780. The van der Waals surface area contributed by atoms with E-state index in [-0.39, 0.29) is 27.4 Å². The van der Waals surface area contributed by atoms with Crippen molar-refractivity contribution in [1.82, 2.24) is 5.32 Å². The van der Waals surface area contributed by atoms with Gasteiger partial charge in [0.2, 0.25) is 0 Å². The lowest BCUT2D eigenvalue weighted by Crippen LogP contribution is -2.34. The predicted octanol–water partition coefficient (Wildman–Crippen LogP) is 2.80. The zero-order valence-electron chi connectivity index (χ0n) is 10.2. The van der Waals surface area contributed by atoms with Gasteiger partial charge in [-0.1, -0.05) is 11.6 Å². The Morgan fingerprint density at radius 1 is 1.37 bits per heavy atom. The van der Waals surface area contributed by atoms with E-state index in [9.17, 15) is 13.2 Å². The molecule has 0 aromatic heterocycles. The Morgan fingerprint density at radius 2 is 2.00 bits per heavy atom. The molecule has 4 nitrogen and oxygen atoms in total. The first-order chi connectivity index (χ1) is 8.77. The van der Waals surface area contributed by atoms with Gasteiger partial charge in [-0.3, -0.25) is 4.79 Å². The number of rotatable bonds is 4. The van der Waals surface area contributed by atoms with Gasteiger partial charge in [-0.2, -0.15) is 0 Å². The molecule has 1 fully saturated rings. The molecule has 1 amide bonds. The average molecular weight is 322 g/mol. The topological polar surface area (TPSA) is 63.2 Å². The van der Waals surface area contributed by atoms with Gasteiger partial charge in [0.05, 0.1) is 4.90 Å². The van der Waals surface area contributed by atoms with E-state index in [1.807, 2.05) is 6.92 Å². The minimum Gasteiger partial charge on any atom is -0.349 e. The van der Waals surface area contributed by atoms with Crippen molar-refractivity contribution in [3.63, 3.8) is 0 Å². The van der Waals surface area contributed by atoms with Crippen molar-refractivity contribution < 1.29 is 13.2 Å². The highest BCUT2D eigenvalue weighted by Gasteiger charge is 2.29. The van der Waals surface area contributed by atoms with E-state index in [0.717, 1.165) is 12.8 Å². The minimum atomic E-state index is -3.91. The summed E-state index contributed by atoms with van der Waals surface area (Å²) in [5.41, 5.74) is 0.194. The monoisotopic (exact) mass is 321 g/mol. The highest BCUT2D eigenvalue weighted by Crippen LogP contribution is 2.32. The highest BCUT2D eigenvalue weighted by atomic mass is 35.7. The van der Waals surface area contributed by atoms with Gasteiger partial charge in [0, 0.05) is 27.3 Å². The molecular formula is C12H13Cl2NO3S. The lowest BCUT2D eigenvalue weighted by atomic mass is 10.1. The van der Waals surface area contributed by atoms with Gasteiger partial charge in [0.25, 0.3) is 15.0 Å². The maximum atomic E-state index is 12.0. The van der Waals surface area contributed by atoms with Crippen LogP contribution in [0.15, 0.2) is 23.1 Å². The lowest BCUT2D eigenvalue weighted by Gasteiger charge is -2.13. The first-order valence-electron chi connectivity index (χ1n) is 5.83. The molecule has 1 saturated carbocycles. The number of hydrogen-bond donors (Lipinski definition) is 1. The molecular weight excluding hydrogens is 309 g/mol. The summed E-state index contributed by atoms with van der Waals surface area (Å²) in [5.74, 6) is 0.169. The Morgan fingerprint density at radius 3 is 2.53 bits per heavy atom. The van der Waals surface area contributed by atoms with Crippen molar-refractivity contribution in [2.45, 2.75) is 30.7 Å². The molecule has 0 heterocycles. The number of halogens is 2. The van der Waals surface area contributed by atoms with Crippen LogP contribution in [0.3, 0.4) is 0 Å². The summed E-state index contributed by atoms with van der Waals surface area (Å²) in [4.78, 5) is 11.8. The van der Waals surface area contributed by atoms with E-state index in [2.05, 4.69) is 5.32 Å². The maximum absolute atomic E-state index is 12.0. The smallest absolute Gasteiger partial charge is 0.261 e. The van der Waals surface area contributed by atoms with Crippen molar-refractivity contribution in [1.29, 1.82) is 0 Å². The SMILES string of the molecule is CC(NC(=O)c1cc(Cl)cc(S(=O)(=O)Cl)c1)C1CC1. The molecule has 2 rings (SSSR count). The van der Waals surface area contributed by atoms with Crippen LogP contribution in [0.1, 0.15) is 30.1 Å². The second kappa shape index (κ2) is 5.31. The number of nitrogens with one attached hydrogen (secondary N) is 1. The zero-order valence-corrected chi connectivity index (χ0v) is 12.5. The molecule has 1 aromatic carbocycles. The fourth-order valence-corrected chi connectivity index (χ4v) is 2.94. The fourth-order valence-electron chi connectivity index (χ4n) is 1.84. The summed E-state index contributed by atoms with van der Waals surface area (Å²) in [6.07, 6.45) is 2.22. The van der Waals surface area contributed by atoms with Crippen LogP contribution in [-0.2, 0) is 9.05 Å². The van der Waals surface area contributed by atoms with E-state index < -0.39 is 9.05 Å². The zero-order chi connectivity index (χ0) is 14.2. The van der Waals surface area contributed by atoms with Crippen LogP contribution in [0.5, 0.6) is 0 Å². The summed E-state index contributed by atoms with van der Waals surface area (Å²) in [6.45, 7) is 1.93. The van der Waals surface area contributed by atoms with Crippen molar-refractivity contribution in [2.75, 3.05) is 0 Å². The second-order valence-corrected chi connectivity index (χ2v) is 7.72. The van der Waals surface area contributed by atoms with E-state index in [1.165, 1.54) is 18.2 Å². The third kappa shape index (κ3) is 3.84. The number of amides is 1. The number of hydrogen-bond acceptors (Lipinski definition) is 3. The first kappa shape index (κ1) is 14.6. The van der Waals surface area contributed by atoms with Crippen LogP contribution in [0.25, 0.3) is 0 Å². The predicted molar refractivity (Wildman–Crippen MR) is 74.1 cm³/mol. The van der Waals surface area contributed by atoms with Crippen LogP contribution in [0.4, 0.5) is 0 Å². The quantitative estimate of drug-likeness (QED) is 0.867. The van der Waals surface area contributed by atoms with Gasteiger partial charge in [0.15, 0.2) is 0 Å². The maximum Gasteiger partial charge on any atom is 0.261 e. The van der Waals surface area contributed by atoms with Crippen LogP contribution < -0.4 is 5.32 Å². The van der Waals surface area contributed by atoms with E-state index in [0.29, 0.717) is 5.92 Å². The standard InChI is InChI=1S/C12H13Cl2NO3S/c1-7(8-2-3-8)15-12(16)9-4-10(13)6-11(5-9)19(14,17)18/h4-8H,2-3H2,1H3,(H,15,16). The molecule has 1 aliphatic rings. The minimum absolute atomic E-state index is 0.0718. The second-order valence-electron chi connectivity index (χ2n) is 4.71. The average Bonchev–Trinajstić information content (AvgIpc) is 3.10. The Balaban J connectivity index is 2.23. The fraction of sp³-hybridized carbons (Fsp3) is 0.417. The molecule has 0 radical (unpaired) electrons. The van der Waals surface area contributed by atoms with Crippen LogP contribution >= 0.6 is 22.3 Å². The number of carbonyl (C=O) groups excluding carboxylic acids is 1. The molecule has 1 N–H and O–H groups in total. The highest BCUT2D eigenvalue weighted by molar-refractivity contribution is 8.13. The summed E-state index contributed by atoms with van der Waals surface area (Å²) in [7, 11) is 1.35. The molecule has 104 valence electrons. The summed E-state index contributed by atoms with van der Waals surface area (Å²) >= 11 is 5.81. The van der Waals surface area contributed by atoms with Crippen molar-refractivity contribution in [2.24, 2.45) is 5.92 Å². The summed E-state index contributed by atoms with van der Waals surface area (Å²) < 4.78 is 22.6. The molecule has 0 aliphatic heterocycles. The Kier molecular flexibility index (Phi) is 4.08. The first-order valence-corrected chi connectivity index (χ1v) is 8.52. The molecule has 1 atom stereocenters. The molecule has 0 bridgehead atoms. The summed E-state index contributed by atoms with van der Waals surface area (Å²) in [6, 6.07) is 3.93. The van der Waals surface area contributed by atoms with E-state index in [1.54, 1.807) is 0 Å². The molecule has 19 heavy (non-hydrogen) atoms. The largest absolute Gasteiger partial charge is 0.349 e. The Labute approximate surface area is 121 Å². The van der Waals surface area contributed by atoms with E-state index >= 15 is 0 Å². The molecule has 0 saturated heterocycles. The number of benzene rings is 1. The van der Waals surface area contributed by atoms with Crippen LogP contribution in [0.2, 0.25) is 5.02 Å². The van der Waals surface area contributed by atoms with Gasteiger partial charge in [-0.05, 0) is 43.9 Å². The summed E-state index contributed by atoms with van der Waals surface area (Å²) in [5, 5.41) is 2.99. The van der Waals surface area contributed by atoms with Crippen molar-refractivity contribution in [3.8, 4) is 0 Å². The molecule has 7 heteroatoms. The van der Waals surface area contributed by atoms with Crippen molar-refractivity contribution >= 4 is 37.2 Å². The third-order valence-corrected chi connectivity index (χ3v) is 4.65. The normalized spacial score (nSPS) is 17.0. The molecule has 0 spiro atoms. The third-order valence-electron chi connectivity index (χ3n) is 3.10. The van der Waals surface area contributed by atoms with Crippen LogP contribution in [-0.4, -0.2) is 20.4 Å². The molecule has 1 aromatic rings. The molecule has 1 aliphatic carbocycles. The Bertz CT molecular complexity index is 611. The van der Waals surface area contributed by atoms with Gasteiger partial charge < -0.3 is 5.32 Å². The molecule has 1 unspecified atom stereocenters. The van der Waals surface area contributed by atoms with Crippen molar-refractivity contribution in [3.05, 3.63) is 28.8 Å². The lowest BCUT2D eigenvalue weighted by molar-refractivity contribution is 0.0935. The van der Waals surface area contributed by atoms with Gasteiger partial charge in [-0.15, -0.1) is 0 Å². The van der Waals surface area contributed by atoms with Gasteiger partial charge >= 0.3 is 0 Å². The van der Waals surface area contributed by atoms with Gasteiger partial charge in [0.1, 0.15) is 0 Å².